The summed E-state index contributed by atoms with van der Waals surface area (Å²) in [5, 5.41) is 31.1. The lowest BCUT2D eigenvalue weighted by Crippen LogP contribution is -2.54. The van der Waals surface area contributed by atoms with Gasteiger partial charge in [-0.3, -0.25) is 4.52 Å². The Labute approximate surface area is 244 Å². The van der Waals surface area contributed by atoms with E-state index in [0.29, 0.717) is 50.1 Å². The second-order valence-electron chi connectivity index (χ2n) is 10.2. The Balaban J connectivity index is 1.57. The topological polar surface area (TPSA) is 200 Å². The highest BCUT2D eigenvalue weighted by molar-refractivity contribution is 7.46. The van der Waals surface area contributed by atoms with Gasteiger partial charge in [-0.15, -0.1) is 0 Å². The number of phosphoric ester groups is 1. The summed E-state index contributed by atoms with van der Waals surface area (Å²) in [7, 11) is -3.74. The molecule has 3 aliphatic rings. The molecular weight excluding hydrogens is 591 g/mol. The highest BCUT2D eigenvalue weighted by atomic mass is 31.2. The van der Waals surface area contributed by atoms with Gasteiger partial charge in [0.05, 0.1) is 38.1 Å². The number of carbonyl (C=O) groups excluding carboxylic acids is 1. The monoisotopic (exact) mass is 620 g/mol. The van der Waals surface area contributed by atoms with Crippen molar-refractivity contribution in [2.75, 3.05) is 27.1 Å². The number of aliphatic hydroxyl groups is 3. The highest BCUT2D eigenvalue weighted by Crippen LogP contribution is 2.49. The fourth-order valence-corrected chi connectivity index (χ4v) is 6.36. The number of benzene rings is 3. The summed E-state index contributed by atoms with van der Waals surface area (Å²) in [4.78, 5) is 32.6. The lowest BCUT2D eigenvalue weighted by Gasteiger charge is -2.40. The predicted molar refractivity (Wildman–Crippen MR) is 145 cm³/mol. The second kappa shape index (κ2) is 11.7. The van der Waals surface area contributed by atoms with Gasteiger partial charge in [-0.2, -0.15) is 0 Å². The molecular formula is C28H29O14P. The molecule has 14 nitrogen and oxygen atoms in total. The van der Waals surface area contributed by atoms with E-state index in [-0.39, 0.29) is 31.3 Å². The Morgan fingerprint density at radius 1 is 0.953 bits per heavy atom. The van der Waals surface area contributed by atoms with Crippen LogP contribution in [0.2, 0.25) is 0 Å². The maximum atomic E-state index is 13.3. The average molecular weight is 621 g/mol. The molecule has 230 valence electrons. The zero-order valence-electron chi connectivity index (χ0n) is 22.8. The van der Waals surface area contributed by atoms with Gasteiger partial charge in [0.2, 0.25) is 13.1 Å². The van der Waals surface area contributed by atoms with Crippen LogP contribution in [0.5, 0.6) is 17.2 Å². The van der Waals surface area contributed by atoms with Crippen LogP contribution in [0.1, 0.15) is 27.0 Å². The van der Waals surface area contributed by atoms with Gasteiger partial charge in [0.25, 0.3) is 0 Å². The third-order valence-electron chi connectivity index (χ3n) is 7.83. The number of hydrogen-bond acceptors (Lipinski definition) is 12. The Morgan fingerprint density at radius 3 is 2.35 bits per heavy atom. The number of hydrogen-bond donors (Lipinski definition) is 5. The molecule has 4 atom stereocenters. The molecule has 0 radical (unpaired) electrons. The van der Waals surface area contributed by atoms with Crippen molar-refractivity contribution in [3.63, 3.8) is 0 Å². The Morgan fingerprint density at radius 2 is 1.67 bits per heavy atom. The Hall–Kier alpha value is -3.30. The van der Waals surface area contributed by atoms with Crippen LogP contribution < -0.4 is 14.2 Å². The van der Waals surface area contributed by atoms with Gasteiger partial charge in [-0.1, -0.05) is 6.07 Å². The van der Waals surface area contributed by atoms with Gasteiger partial charge < -0.3 is 53.5 Å². The summed E-state index contributed by atoms with van der Waals surface area (Å²) in [6.07, 6.45) is -3.73. The van der Waals surface area contributed by atoms with E-state index in [1.165, 1.54) is 7.11 Å². The van der Waals surface area contributed by atoms with Gasteiger partial charge in [0, 0.05) is 29.5 Å². The SMILES string of the molecule is COC1COC(Oc2c3c(c(-c4ccc5c(c4)OCO5)c4cc(CO)c(CO)cc24)C(=O)OC3)C(OP(=O)(O)O)C1CO. The number of aliphatic hydroxyl groups excluding tert-OH is 3. The van der Waals surface area contributed by atoms with Gasteiger partial charge in [-0.25, -0.2) is 9.36 Å². The third kappa shape index (κ3) is 5.35. The van der Waals surface area contributed by atoms with Crippen molar-refractivity contribution >= 4 is 24.6 Å². The molecule has 5 N–H and O–H groups in total. The molecule has 3 heterocycles. The smallest absolute Gasteiger partial charge is 0.461 e. The minimum absolute atomic E-state index is 0.0407. The molecule has 3 aromatic carbocycles. The fourth-order valence-electron chi connectivity index (χ4n) is 5.79. The number of fused-ring (bicyclic) bond motifs is 3. The van der Waals surface area contributed by atoms with Crippen molar-refractivity contribution in [3.8, 4) is 28.4 Å². The van der Waals surface area contributed by atoms with Crippen molar-refractivity contribution in [1.29, 1.82) is 0 Å². The predicted octanol–water partition coefficient (Wildman–Crippen LogP) is 1.73. The highest BCUT2D eigenvalue weighted by Gasteiger charge is 2.47. The van der Waals surface area contributed by atoms with Crippen LogP contribution in [0.15, 0.2) is 30.3 Å². The van der Waals surface area contributed by atoms with E-state index >= 15 is 0 Å². The lowest BCUT2D eigenvalue weighted by molar-refractivity contribution is -0.230. The van der Waals surface area contributed by atoms with Crippen LogP contribution in [0.25, 0.3) is 21.9 Å². The van der Waals surface area contributed by atoms with Crippen LogP contribution >= 0.6 is 7.82 Å². The summed E-state index contributed by atoms with van der Waals surface area (Å²) >= 11 is 0. The molecule has 3 aromatic rings. The minimum atomic E-state index is -5.10. The molecule has 0 bridgehead atoms. The van der Waals surface area contributed by atoms with Crippen LogP contribution in [0.3, 0.4) is 0 Å². The maximum Gasteiger partial charge on any atom is 0.470 e. The maximum absolute atomic E-state index is 13.3. The molecule has 0 aliphatic carbocycles. The van der Waals surface area contributed by atoms with Crippen LogP contribution in [0.4, 0.5) is 0 Å². The number of cyclic esters (lactones) is 1. The van der Waals surface area contributed by atoms with E-state index in [1.807, 2.05) is 0 Å². The fraction of sp³-hybridized carbons (Fsp3) is 0.393. The van der Waals surface area contributed by atoms with Gasteiger partial charge in [0.1, 0.15) is 18.5 Å². The summed E-state index contributed by atoms with van der Waals surface area (Å²) < 4.78 is 50.9. The van der Waals surface area contributed by atoms with Gasteiger partial charge in [0.15, 0.2) is 11.5 Å². The Kier molecular flexibility index (Phi) is 8.07. The molecule has 6 rings (SSSR count). The molecule has 0 spiro atoms. The standard InChI is InChI=1S/C28H29O14P/c1-36-22-11-38-28(26(18(22)9-31)42-43(33,34)35)41-25-17-5-15(8-30)14(7-29)4-16(17)23(24-19(25)10-37-27(24)32)13-2-3-20-21(6-13)40-12-39-20/h2-6,18,22,26,28-31H,7-12H2,1H3,(H2,33,34,35). The van der Waals surface area contributed by atoms with Crippen molar-refractivity contribution in [3.05, 3.63) is 52.6 Å². The summed E-state index contributed by atoms with van der Waals surface area (Å²) in [6, 6.07) is 8.39. The van der Waals surface area contributed by atoms with E-state index < -0.39 is 58.0 Å². The van der Waals surface area contributed by atoms with Crippen LogP contribution in [0, 0.1) is 5.92 Å². The first-order valence-electron chi connectivity index (χ1n) is 13.3. The van der Waals surface area contributed by atoms with Crippen molar-refractivity contribution < 1.29 is 67.4 Å². The minimum Gasteiger partial charge on any atom is -0.461 e. The van der Waals surface area contributed by atoms with Crippen LogP contribution in [-0.4, -0.2) is 76.7 Å². The molecule has 15 heteroatoms. The molecule has 3 aliphatic heterocycles. The molecule has 4 unspecified atom stereocenters. The molecule has 1 fully saturated rings. The number of carbonyl (C=O) groups is 1. The van der Waals surface area contributed by atoms with Gasteiger partial charge in [-0.05, 0) is 46.3 Å². The number of rotatable bonds is 9. The molecule has 43 heavy (non-hydrogen) atoms. The van der Waals surface area contributed by atoms with E-state index in [9.17, 15) is 34.5 Å². The molecule has 0 amide bonds. The summed E-state index contributed by atoms with van der Waals surface area (Å²) in [6.45, 7) is -1.67. The zero-order chi connectivity index (χ0) is 30.5. The largest absolute Gasteiger partial charge is 0.470 e. The molecule has 0 aromatic heterocycles. The van der Waals surface area contributed by atoms with Crippen molar-refractivity contribution in [2.45, 2.75) is 38.3 Å². The summed E-state index contributed by atoms with van der Waals surface area (Å²) in [5.74, 6) is -0.515. The first-order chi connectivity index (χ1) is 20.7. The lowest BCUT2D eigenvalue weighted by atomic mass is 9.87. The Bertz CT molecular complexity index is 1620. The zero-order valence-corrected chi connectivity index (χ0v) is 23.7. The van der Waals surface area contributed by atoms with Gasteiger partial charge >= 0.3 is 13.8 Å². The van der Waals surface area contributed by atoms with E-state index in [4.69, 9.17) is 32.9 Å². The molecule has 0 saturated carbocycles. The number of phosphoric acid groups is 1. The number of methoxy groups -OCH3 is 1. The van der Waals surface area contributed by atoms with E-state index in [1.54, 1.807) is 30.3 Å². The normalized spacial score (nSPS) is 23.0. The van der Waals surface area contributed by atoms with E-state index in [2.05, 4.69) is 0 Å². The van der Waals surface area contributed by atoms with Crippen molar-refractivity contribution in [1.82, 2.24) is 0 Å². The first kappa shape index (κ1) is 29.8. The van der Waals surface area contributed by atoms with Crippen LogP contribution in [-0.2, 0) is 43.1 Å². The summed E-state index contributed by atoms with van der Waals surface area (Å²) in [5.41, 5.74) is 2.29. The third-order valence-corrected chi connectivity index (χ3v) is 8.35. The molecule has 1 saturated heterocycles. The number of ether oxygens (including phenoxy) is 6. The van der Waals surface area contributed by atoms with E-state index in [0.717, 1.165) is 0 Å². The number of esters is 1. The average Bonchev–Trinajstić information content (AvgIpc) is 3.62. The quantitative estimate of drug-likeness (QED) is 0.171. The van der Waals surface area contributed by atoms with Crippen molar-refractivity contribution in [2.24, 2.45) is 5.92 Å². The second-order valence-corrected chi connectivity index (χ2v) is 11.4. The first-order valence-corrected chi connectivity index (χ1v) is 14.8.